The average Bonchev–Trinajstić information content (AvgIpc) is 3.34. The van der Waals surface area contributed by atoms with Gasteiger partial charge in [0.15, 0.2) is 0 Å². The number of hydrogen-bond acceptors (Lipinski definition) is 7. The van der Waals surface area contributed by atoms with E-state index in [0.717, 1.165) is 15.4 Å². The molecule has 9 nitrogen and oxygen atoms in total. The van der Waals surface area contributed by atoms with Crippen LogP contribution in [-0.4, -0.2) is 42.8 Å². The van der Waals surface area contributed by atoms with E-state index in [-0.39, 0.29) is 30.3 Å². The predicted molar refractivity (Wildman–Crippen MR) is 119 cm³/mol. The van der Waals surface area contributed by atoms with Crippen molar-refractivity contribution in [2.24, 2.45) is 0 Å². The van der Waals surface area contributed by atoms with Gasteiger partial charge < -0.3 is 9.15 Å². The van der Waals surface area contributed by atoms with Gasteiger partial charge in [0.05, 0.1) is 30.6 Å². The topological polar surface area (TPSA) is 126 Å². The number of furan rings is 1. The molecule has 1 aromatic heterocycles. The summed E-state index contributed by atoms with van der Waals surface area (Å²) in [6.45, 7) is 0.998. The van der Waals surface area contributed by atoms with Gasteiger partial charge in [-0.3, -0.25) is 14.8 Å². The molecule has 1 heterocycles. The summed E-state index contributed by atoms with van der Waals surface area (Å²) in [4.78, 5) is 22.8. The van der Waals surface area contributed by atoms with Crippen molar-refractivity contribution in [1.29, 1.82) is 0 Å². The number of ether oxygens (including phenoxy) is 1. The van der Waals surface area contributed by atoms with E-state index in [1.165, 1.54) is 36.7 Å². The Balaban J connectivity index is 1.78. The lowest BCUT2D eigenvalue weighted by Gasteiger charge is -2.21. The summed E-state index contributed by atoms with van der Waals surface area (Å²) in [5.41, 5.74) is 3.91. The van der Waals surface area contributed by atoms with E-state index in [4.69, 9.17) is 14.4 Å². The largest absolute Gasteiger partial charge is 0.493 e. The third kappa shape index (κ3) is 6.51. The number of rotatable bonds is 11. The Bertz CT molecular complexity index is 1170. The zero-order valence-corrected chi connectivity index (χ0v) is 18.7. The highest BCUT2D eigenvalue weighted by Crippen LogP contribution is 2.24. The molecule has 2 aromatic carbocycles. The van der Waals surface area contributed by atoms with Crippen LogP contribution in [0.2, 0.25) is 0 Å². The van der Waals surface area contributed by atoms with E-state index >= 15 is 0 Å². The first-order valence-corrected chi connectivity index (χ1v) is 11.5. The van der Waals surface area contributed by atoms with E-state index in [1.54, 1.807) is 24.7 Å². The number of sulfonamides is 1. The smallest absolute Gasteiger partial charge is 0.258 e. The van der Waals surface area contributed by atoms with Gasteiger partial charge in [0.1, 0.15) is 11.5 Å². The predicted octanol–water partition coefficient (Wildman–Crippen LogP) is 3.00. The van der Waals surface area contributed by atoms with Crippen LogP contribution in [-0.2, 0) is 26.2 Å². The second kappa shape index (κ2) is 10.9. The van der Waals surface area contributed by atoms with E-state index in [1.807, 2.05) is 18.2 Å². The van der Waals surface area contributed by atoms with E-state index in [2.05, 4.69) is 0 Å². The maximum atomic E-state index is 13.2. The summed E-state index contributed by atoms with van der Waals surface area (Å²) in [5, 5.41) is 8.92. The number of nitrogens with zero attached hydrogens (tertiary/aromatic N) is 1. The molecule has 0 unspecified atom stereocenters. The molecule has 0 aliphatic rings. The van der Waals surface area contributed by atoms with Gasteiger partial charge in [-0.2, -0.15) is 4.31 Å². The van der Waals surface area contributed by atoms with Gasteiger partial charge in [-0.05, 0) is 48.4 Å². The Labute approximate surface area is 191 Å². The third-order valence-corrected chi connectivity index (χ3v) is 6.60. The fraction of sp³-hybridized carbons (Fsp3) is 0.217. The maximum Gasteiger partial charge on any atom is 0.258 e. The number of hydroxylamine groups is 1. The maximum absolute atomic E-state index is 13.2. The van der Waals surface area contributed by atoms with E-state index < -0.39 is 22.5 Å². The van der Waals surface area contributed by atoms with Gasteiger partial charge in [-0.25, -0.2) is 13.9 Å². The molecule has 0 spiro atoms. The van der Waals surface area contributed by atoms with Gasteiger partial charge in [0.2, 0.25) is 10.0 Å². The quantitative estimate of drug-likeness (QED) is 0.324. The van der Waals surface area contributed by atoms with Crippen LogP contribution in [0.5, 0.6) is 5.75 Å². The molecule has 1 amide bonds. The van der Waals surface area contributed by atoms with E-state index in [0.29, 0.717) is 11.3 Å². The van der Waals surface area contributed by atoms with Crippen molar-refractivity contribution in [2.45, 2.75) is 24.8 Å². The van der Waals surface area contributed by atoms with Crippen molar-refractivity contribution >= 4 is 21.7 Å². The van der Waals surface area contributed by atoms with Crippen LogP contribution < -0.4 is 10.2 Å². The highest BCUT2D eigenvalue weighted by atomic mass is 32.2. The number of nitrogens with one attached hydrogen (secondary N) is 1. The molecule has 174 valence electrons. The molecule has 0 saturated carbocycles. The van der Waals surface area contributed by atoms with Crippen molar-refractivity contribution in [3.05, 3.63) is 72.7 Å². The van der Waals surface area contributed by atoms with Gasteiger partial charge in [-0.1, -0.05) is 24.3 Å². The first-order chi connectivity index (χ1) is 15.8. The average molecular weight is 473 g/mol. The monoisotopic (exact) mass is 472 g/mol. The first-order valence-electron chi connectivity index (χ1n) is 10.1. The Morgan fingerprint density at radius 2 is 1.73 bits per heavy atom. The van der Waals surface area contributed by atoms with Crippen molar-refractivity contribution < 1.29 is 32.4 Å². The summed E-state index contributed by atoms with van der Waals surface area (Å²) in [6.07, 6.45) is 3.42. The molecular weight excluding hydrogens is 448 g/mol. The second-order valence-corrected chi connectivity index (χ2v) is 9.23. The third-order valence-electron chi connectivity index (χ3n) is 4.80. The molecule has 0 fully saturated rings. The van der Waals surface area contributed by atoms with Crippen molar-refractivity contribution in [3.8, 4) is 16.9 Å². The summed E-state index contributed by atoms with van der Waals surface area (Å²) in [7, 11) is -4.07. The zero-order valence-electron chi connectivity index (χ0n) is 17.9. The number of benzene rings is 2. The molecule has 0 bridgehead atoms. The lowest BCUT2D eigenvalue weighted by molar-refractivity contribution is -0.129. The number of Topliss-reactive ketones (excluding diaryl/α,β-unsaturated/α-hetero) is 1. The molecule has 33 heavy (non-hydrogen) atoms. The fourth-order valence-electron chi connectivity index (χ4n) is 3.03. The summed E-state index contributed by atoms with van der Waals surface area (Å²) in [5.74, 6) is -0.452. The molecule has 0 atom stereocenters. The van der Waals surface area contributed by atoms with Crippen LogP contribution in [0.15, 0.2) is 76.4 Å². The normalized spacial score (nSPS) is 11.4. The number of ketones is 1. The van der Waals surface area contributed by atoms with Gasteiger partial charge >= 0.3 is 0 Å². The fourth-order valence-corrected chi connectivity index (χ4v) is 4.41. The minimum absolute atomic E-state index is 0.00945. The number of amides is 1. The van der Waals surface area contributed by atoms with Gasteiger partial charge in [0.25, 0.3) is 5.91 Å². The van der Waals surface area contributed by atoms with Crippen molar-refractivity contribution in [1.82, 2.24) is 9.79 Å². The molecule has 0 radical (unpaired) electrons. The van der Waals surface area contributed by atoms with Gasteiger partial charge in [-0.15, -0.1) is 0 Å². The van der Waals surface area contributed by atoms with E-state index in [9.17, 15) is 18.0 Å². The lowest BCUT2D eigenvalue weighted by atomic mass is 10.1. The van der Waals surface area contributed by atoms with Crippen molar-refractivity contribution in [2.75, 3.05) is 13.2 Å². The first kappa shape index (κ1) is 24.2. The van der Waals surface area contributed by atoms with Gasteiger partial charge in [0, 0.05) is 18.5 Å². The molecular formula is C23H24N2O7S. The molecule has 0 saturated heterocycles. The lowest BCUT2D eigenvalue weighted by Crippen LogP contribution is -2.39. The Hall–Kier alpha value is -3.47. The molecule has 10 heteroatoms. The molecule has 3 aromatic rings. The summed E-state index contributed by atoms with van der Waals surface area (Å²) in [6, 6.07) is 14.7. The highest BCUT2D eigenvalue weighted by Gasteiger charge is 2.27. The highest BCUT2D eigenvalue weighted by molar-refractivity contribution is 7.89. The zero-order chi connectivity index (χ0) is 23.8. The number of carbonyl (C=O) groups excluding carboxylic acids is 2. The van der Waals surface area contributed by atoms with Crippen LogP contribution in [0.25, 0.3) is 11.1 Å². The van der Waals surface area contributed by atoms with Crippen LogP contribution >= 0.6 is 0 Å². The Kier molecular flexibility index (Phi) is 7.99. The Morgan fingerprint density at radius 1 is 1.03 bits per heavy atom. The van der Waals surface area contributed by atoms with Crippen molar-refractivity contribution in [3.63, 3.8) is 0 Å². The van der Waals surface area contributed by atoms with Crippen LogP contribution in [0, 0.1) is 0 Å². The molecule has 0 aliphatic heterocycles. The standard InChI is InChI=1S/C23H24N2O7S/c1-17(26)10-13-32-21-6-8-22(9-7-21)33(29,30)25(15-23(27)24-28)14-18-2-4-19(5-3-18)20-11-12-31-16-20/h2-9,11-12,16,28H,10,13-15H2,1H3,(H,24,27). The SMILES string of the molecule is CC(=O)CCOc1ccc(S(=O)(=O)N(CC(=O)NO)Cc2ccc(-c3ccoc3)cc2)cc1. The second-order valence-electron chi connectivity index (χ2n) is 7.29. The number of carbonyl (C=O) groups is 2. The molecule has 3 rings (SSSR count). The number of hydrogen-bond donors (Lipinski definition) is 2. The summed E-state index contributed by atoms with van der Waals surface area (Å²) >= 11 is 0. The molecule has 2 N–H and O–H groups in total. The Morgan fingerprint density at radius 3 is 2.30 bits per heavy atom. The molecule has 0 aliphatic carbocycles. The van der Waals surface area contributed by atoms with Crippen LogP contribution in [0.4, 0.5) is 0 Å². The minimum Gasteiger partial charge on any atom is -0.493 e. The summed E-state index contributed by atoms with van der Waals surface area (Å²) < 4.78 is 37.9. The van der Waals surface area contributed by atoms with Crippen LogP contribution in [0.3, 0.4) is 0 Å². The van der Waals surface area contributed by atoms with Crippen LogP contribution in [0.1, 0.15) is 18.9 Å². The minimum atomic E-state index is -4.07.